The Morgan fingerprint density at radius 2 is 2.00 bits per heavy atom. The number of carbonyl (C=O) groups is 2. The van der Waals surface area contributed by atoms with E-state index in [2.05, 4.69) is 6.92 Å². The number of aldehydes is 1. The summed E-state index contributed by atoms with van der Waals surface area (Å²) in [7, 11) is 0. The molecule has 0 aromatic heterocycles. The Labute approximate surface area is 85.8 Å². The minimum absolute atomic E-state index is 0.177. The maximum atomic E-state index is 11.0. The summed E-state index contributed by atoms with van der Waals surface area (Å²) >= 11 is 0. The molecule has 0 radical (unpaired) electrons. The number of unbranched alkanes of at least 4 members (excludes halogenated alkanes) is 4. The highest BCUT2D eigenvalue weighted by atomic mass is 16.5. The Morgan fingerprint density at radius 3 is 2.64 bits per heavy atom. The summed E-state index contributed by atoms with van der Waals surface area (Å²) in [4.78, 5) is 21.0. The average Bonchev–Trinajstić information content (AvgIpc) is 2.18. The lowest BCUT2D eigenvalue weighted by atomic mass is 10.2. The van der Waals surface area contributed by atoms with Crippen molar-refractivity contribution in [2.45, 2.75) is 51.9 Å². The third-order valence-corrected chi connectivity index (χ3v) is 1.96. The Kier molecular flexibility index (Phi) is 9.59. The quantitative estimate of drug-likeness (QED) is 0.326. The molecule has 3 nitrogen and oxygen atoms in total. The molecule has 3 heteroatoms. The molecule has 0 unspecified atom stereocenters. The van der Waals surface area contributed by atoms with Crippen molar-refractivity contribution in [2.24, 2.45) is 0 Å². The van der Waals surface area contributed by atoms with Gasteiger partial charge < -0.3 is 9.53 Å². The number of ether oxygens (including phenoxy) is 1. The molecular formula is C11H20O3. The number of esters is 1. The highest BCUT2D eigenvalue weighted by molar-refractivity contribution is 5.69. The van der Waals surface area contributed by atoms with E-state index < -0.39 is 0 Å². The zero-order chi connectivity index (χ0) is 10.6. The van der Waals surface area contributed by atoms with Crippen molar-refractivity contribution >= 4 is 12.3 Å². The van der Waals surface area contributed by atoms with E-state index in [9.17, 15) is 9.59 Å². The molecule has 0 fully saturated rings. The van der Waals surface area contributed by atoms with Gasteiger partial charge in [-0.2, -0.15) is 0 Å². The molecule has 0 atom stereocenters. The van der Waals surface area contributed by atoms with Crippen LogP contribution in [0.15, 0.2) is 0 Å². The van der Waals surface area contributed by atoms with E-state index in [0.717, 1.165) is 19.1 Å². The van der Waals surface area contributed by atoms with Gasteiger partial charge in [-0.1, -0.05) is 26.2 Å². The van der Waals surface area contributed by atoms with E-state index in [4.69, 9.17) is 4.74 Å². The molecule has 0 aliphatic rings. The Morgan fingerprint density at radius 1 is 1.21 bits per heavy atom. The number of rotatable bonds is 9. The van der Waals surface area contributed by atoms with Crippen LogP contribution in [0.5, 0.6) is 0 Å². The van der Waals surface area contributed by atoms with Crippen LogP contribution in [-0.2, 0) is 14.3 Å². The van der Waals surface area contributed by atoms with Crippen LogP contribution in [0.1, 0.15) is 51.9 Å². The Hall–Kier alpha value is -0.860. The Bertz CT molecular complexity index is 155. The summed E-state index contributed by atoms with van der Waals surface area (Å²) < 4.78 is 4.98. The SMILES string of the molecule is CCCCCCOC(=O)CCCC=O. The first-order valence-corrected chi connectivity index (χ1v) is 5.40. The molecule has 0 amide bonds. The summed E-state index contributed by atoms with van der Waals surface area (Å²) in [5.74, 6) is -0.177. The summed E-state index contributed by atoms with van der Waals surface area (Å²) in [6, 6.07) is 0. The lowest BCUT2D eigenvalue weighted by Crippen LogP contribution is -2.05. The van der Waals surface area contributed by atoms with E-state index in [1.807, 2.05) is 0 Å². The van der Waals surface area contributed by atoms with Crippen molar-refractivity contribution in [3.63, 3.8) is 0 Å². The fourth-order valence-electron chi connectivity index (χ4n) is 1.12. The lowest BCUT2D eigenvalue weighted by Gasteiger charge is -2.03. The first-order chi connectivity index (χ1) is 6.81. The normalized spacial score (nSPS) is 9.79. The van der Waals surface area contributed by atoms with Crippen LogP contribution in [0.2, 0.25) is 0 Å². The van der Waals surface area contributed by atoms with Crippen molar-refractivity contribution in [1.29, 1.82) is 0 Å². The summed E-state index contributed by atoms with van der Waals surface area (Å²) in [5, 5.41) is 0. The molecule has 0 saturated heterocycles. The maximum Gasteiger partial charge on any atom is 0.305 e. The second-order valence-electron chi connectivity index (χ2n) is 3.34. The molecule has 0 bridgehead atoms. The summed E-state index contributed by atoms with van der Waals surface area (Å²) in [5.41, 5.74) is 0. The van der Waals surface area contributed by atoms with Gasteiger partial charge in [0.15, 0.2) is 0 Å². The first kappa shape index (κ1) is 13.1. The minimum Gasteiger partial charge on any atom is -0.466 e. The van der Waals surface area contributed by atoms with Crippen LogP contribution in [0, 0.1) is 0 Å². The fraction of sp³-hybridized carbons (Fsp3) is 0.818. The van der Waals surface area contributed by atoms with Gasteiger partial charge in [0.2, 0.25) is 0 Å². The largest absolute Gasteiger partial charge is 0.466 e. The standard InChI is InChI=1S/C11H20O3/c1-2-3-4-7-10-14-11(13)8-5-6-9-12/h9H,2-8,10H2,1H3. The third-order valence-electron chi connectivity index (χ3n) is 1.96. The molecule has 82 valence electrons. The second kappa shape index (κ2) is 10.2. The minimum atomic E-state index is -0.177. The molecule has 0 spiro atoms. The first-order valence-electron chi connectivity index (χ1n) is 5.40. The number of carbonyl (C=O) groups excluding carboxylic acids is 2. The predicted molar refractivity (Wildman–Crippen MR) is 55.0 cm³/mol. The van der Waals surface area contributed by atoms with Gasteiger partial charge in [-0.15, -0.1) is 0 Å². The van der Waals surface area contributed by atoms with E-state index in [1.54, 1.807) is 0 Å². The molecule has 0 N–H and O–H groups in total. The molecule has 0 saturated carbocycles. The van der Waals surface area contributed by atoms with Gasteiger partial charge in [0.05, 0.1) is 6.61 Å². The van der Waals surface area contributed by atoms with Crippen molar-refractivity contribution in [3.8, 4) is 0 Å². The Balaban J connectivity index is 3.14. The van der Waals surface area contributed by atoms with Gasteiger partial charge in [0.25, 0.3) is 0 Å². The van der Waals surface area contributed by atoms with Crippen molar-refractivity contribution < 1.29 is 14.3 Å². The van der Waals surface area contributed by atoms with E-state index in [0.29, 0.717) is 25.9 Å². The monoisotopic (exact) mass is 200 g/mol. The zero-order valence-electron chi connectivity index (χ0n) is 8.96. The molecule has 0 aliphatic heterocycles. The molecule has 0 aromatic carbocycles. The van der Waals surface area contributed by atoms with Gasteiger partial charge in [-0.05, 0) is 12.8 Å². The van der Waals surface area contributed by atoms with E-state index in [-0.39, 0.29) is 5.97 Å². The van der Waals surface area contributed by atoms with E-state index >= 15 is 0 Å². The van der Waals surface area contributed by atoms with Crippen LogP contribution in [0.3, 0.4) is 0 Å². The van der Waals surface area contributed by atoms with Gasteiger partial charge in [0, 0.05) is 12.8 Å². The predicted octanol–water partition coefficient (Wildman–Crippen LogP) is 2.48. The van der Waals surface area contributed by atoms with Crippen LogP contribution in [0.4, 0.5) is 0 Å². The van der Waals surface area contributed by atoms with Crippen molar-refractivity contribution in [1.82, 2.24) is 0 Å². The van der Waals surface area contributed by atoms with Gasteiger partial charge in [0.1, 0.15) is 6.29 Å². The van der Waals surface area contributed by atoms with Gasteiger partial charge in [-0.3, -0.25) is 4.79 Å². The lowest BCUT2D eigenvalue weighted by molar-refractivity contribution is -0.143. The molecule has 0 heterocycles. The molecule has 0 aliphatic carbocycles. The molecular weight excluding hydrogens is 180 g/mol. The van der Waals surface area contributed by atoms with Crippen molar-refractivity contribution in [3.05, 3.63) is 0 Å². The topological polar surface area (TPSA) is 43.4 Å². The zero-order valence-corrected chi connectivity index (χ0v) is 8.96. The molecule has 0 rings (SSSR count). The van der Waals surface area contributed by atoms with Crippen LogP contribution in [0.25, 0.3) is 0 Å². The van der Waals surface area contributed by atoms with Crippen molar-refractivity contribution in [2.75, 3.05) is 6.61 Å². The average molecular weight is 200 g/mol. The maximum absolute atomic E-state index is 11.0. The number of hydrogen-bond acceptors (Lipinski definition) is 3. The van der Waals surface area contributed by atoms with Crippen LogP contribution >= 0.6 is 0 Å². The third kappa shape index (κ3) is 9.23. The van der Waals surface area contributed by atoms with Crippen LogP contribution < -0.4 is 0 Å². The molecule has 14 heavy (non-hydrogen) atoms. The van der Waals surface area contributed by atoms with Gasteiger partial charge in [-0.25, -0.2) is 0 Å². The smallest absolute Gasteiger partial charge is 0.305 e. The van der Waals surface area contributed by atoms with Gasteiger partial charge >= 0.3 is 5.97 Å². The number of hydrogen-bond donors (Lipinski definition) is 0. The summed E-state index contributed by atoms with van der Waals surface area (Å²) in [6.07, 6.45) is 6.71. The summed E-state index contributed by atoms with van der Waals surface area (Å²) in [6.45, 7) is 2.67. The second-order valence-corrected chi connectivity index (χ2v) is 3.34. The highest BCUT2D eigenvalue weighted by Gasteiger charge is 2.01. The van der Waals surface area contributed by atoms with E-state index in [1.165, 1.54) is 12.8 Å². The highest BCUT2D eigenvalue weighted by Crippen LogP contribution is 2.01. The fourth-order valence-corrected chi connectivity index (χ4v) is 1.12. The van der Waals surface area contributed by atoms with Crippen LogP contribution in [-0.4, -0.2) is 18.9 Å². The molecule has 0 aromatic rings.